The summed E-state index contributed by atoms with van der Waals surface area (Å²) in [6.07, 6.45) is 15.3. The minimum atomic E-state index is -2.96. The summed E-state index contributed by atoms with van der Waals surface area (Å²) in [4.78, 5) is 4.81. The van der Waals surface area contributed by atoms with Crippen LogP contribution in [-0.4, -0.2) is 146 Å². The Bertz CT molecular complexity index is 807. The molecule has 256 valence electrons. The Kier molecular flexibility index (Phi) is 29.3. The quantitative estimate of drug-likeness (QED) is 0.232. The minimum absolute atomic E-state index is 0.489. The molecule has 0 amide bonds. The molecule has 0 bridgehead atoms. The molecule has 2 saturated carbocycles. The van der Waals surface area contributed by atoms with Crippen molar-refractivity contribution in [3.05, 3.63) is 6.42 Å². The number of ether oxygens (including phenoxy) is 2. The first-order chi connectivity index (χ1) is 20.4. The van der Waals surface area contributed by atoms with E-state index < -0.39 is 20.0 Å². The van der Waals surface area contributed by atoms with E-state index in [4.69, 9.17) is 0 Å². The first kappa shape index (κ1) is 46.4. The van der Waals surface area contributed by atoms with Crippen LogP contribution in [0.2, 0.25) is 0 Å². The fourth-order valence-electron chi connectivity index (χ4n) is 4.69. The van der Waals surface area contributed by atoms with E-state index in [0.717, 1.165) is 44.9 Å². The maximum atomic E-state index is 11.3. The zero-order valence-corrected chi connectivity index (χ0v) is 35.9. The molecule has 43 heavy (non-hydrogen) atoms. The van der Waals surface area contributed by atoms with Gasteiger partial charge < -0.3 is 15.9 Å². The van der Waals surface area contributed by atoms with Crippen LogP contribution in [0, 0.1) is 12.3 Å². The second-order valence-corrected chi connectivity index (χ2v) is 15.2. The van der Waals surface area contributed by atoms with E-state index in [-0.39, 0.29) is 0 Å². The van der Waals surface area contributed by atoms with Crippen molar-refractivity contribution in [1.82, 2.24) is 18.4 Å². The summed E-state index contributed by atoms with van der Waals surface area (Å²) in [6, 6.07) is 0.979. The standard InChI is InChI=1S/2C8H16N2O2S.C4H8.C3H5.2C2H6O.CH3Br.BrH.Zn/c2*1-13(11,12)10-6-5-9-4-2-3-8(9)7-10;1-4-2-3-4;1-2-3-1;2*1-3-2;1-2;;/h2*8H,2-7H2,1H3;4H,2-3H2,1H3;1H,2-3H2;2*1-2H3;1H3;1H;/q;;;-1;;;;;+2/p-1. The van der Waals surface area contributed by atoms with Crippen molar-refractivity contribution in [3.8, 4) is 0 Å². The fourth-order valence-corrected chi connectivity index (χ4v) is 6.41. The van der Waals surface area contributed by atoms with Crippen molar-refractivity contribution in [2.75, 3.05) is 99.1 Å². The Morgan fingerprint density at radius 3 is 1.14 bits per heavy atom. The van der Waals surface area contributed by atoms with Gasteiger partial charge in [-0.05, 0) is 50.5 Å². The van der Waals surface area contributed by atoms with Crippen molar-refractivity contribution in [1.29, 1.82) is 0 Å². The molecule has 4 saturated heterocycles. The SMILES string of the molecule is CBr.CC1CC1.COC.COC.CS(=O)(=O)N1CCN2CCCC2C1.CS(=O)(=O)N1CCN2CCCC2C1.[CH-]1CC1.[Zn+][Br]. The molecule has 0 spiro atoms. The predicted octanol–water partition coefficient (Wildman–Crippen LogP) is 4.23. The molecule has 4 aliphatic heterocycles. The number of halogens is 2. The Hall–Kier alpha value is 1.24. The second kappa shape index (κ2) is 27.2. The molecule has 2 unspecified atom stereocenters. The van der Waals surface area contributed by atoms with Gasteiger partial charge in [-0.15, -0.1) is 0 Å². The average Bonchev–Trinajstić information content (AvgIpc) is 3.91. The summed E-state index contributed by atoms with van der Waals surface area (Å²) in [6.45, 7) is 9.18. The Labute approximate surface area is 290 Å². The molecule has 0 N–H and O–H groups in total. The Balaban J connectivity index is 0. The summed E-state index contributed by atoms with van der Waals surface area (Å²) < 4.78 is 56.9. The average molecular weight is 838 g/mol. The predicted molar refractivity (Wildman–Crippen MR) is 184 cm³/mol. The fraction of sp³-hybridized carbons (Fsp3) is 0.964. The van der Waals surface area contributed by atoms with Crippen LogP contribution in [0.1, 0.15) is 58.3 Å². The number of alkyl halides is 1. The van der Waals surface area contributed by atoms with E-state index in [1.54, 1.807) is 37.0 Å². The number of rotatable bonds is 2. The molecule has 6 aliphatic rings. The molecule has 0 aromatic rings. The van der Waals surface area contributed by atoms with Crippen LogP contribution in [0.3, 0.4) is 0 Å². The summed E-state index contributed by atoms with van der Waals surface area (Å²) in [5.41, 5.74) is 0. The molecule has 0 radical (unpaired) electrons. The van der Waals surface area contributed by atoms with Crippen LogP contribution < -0.4 is 0 Å². The third-order valence-corrected chi connectivity index (χ3v) is 9.73. The monoisotopic (exact) mass is 834 g/mol. The van der Waals surface area contributed by atoms with Gasteiger partial charge in [0, 0.05) is 79.8 Å². The van der Waals surface area contributed by atoms with Crippen LogP contribution in [0.5, 0.6) is 0 Å². The summed E-state index contributed by atoms with van der Waals surface area (Å²) in [5.74, 6) is 2.90. The topological polar surface area (TPSA) is 99.7 Å². The van der Waals surface area contributed by atoms with Crippen molar-refractivity contribution in [3.63, 3.8) is 0 Å². The number of sulfonamides is 2. The summed E-state index contributed by atoms with van der Waals surface area (Å²) in [5, 5.41) is 0. The van der Waals surface area contributed by atoms with Crippen molar-refractivity contribution in [2.45, 2.75) is 70.4 Å². The van der Waals surface area contributed by atoms with Gasteiger partial charge in [-0.3, -0.25) is 9.80 Å². The van der Waals surface area contributed by atoms with Crippen molar-refractivity contribution < 1.29 is 42.7 Å². The first-order valence-electron chi connectivity index (χ1n) is 15.0. The van der Waals surface area contributed by atoms with Gasteiger partial charge in [0.1, 0.15) is 0 Å². The number of hydrogen-bond acceptors (Lipinski definition) is 8. The zero-order chi connectivity index (χ0) is 33.5. The van der Waals surface area contributed by atoms with Crippen LogP contribution in [0.15, 0.2) is 0 Å². The Morgan fingerprint density at radius 2 is 0.930 bits per heavy atom. The number of hydrogen-bond donors (Lipinski definition) is 0. The molecule has 6 fully saturated rings. The first-order valence-corrected chi connectivity index (χ1v) is 27.2. The van der Waals surface area contributed by atoms with Crippen molar-refractivity contribution in [2.24, 2.45) is 5.92 Å². The van der Waals surface area contributed by atoms with Gasteiger partial charge in [0.15, 0.2) is 0 Å². The number of fused-ring (bicyclic) bond motifs is 2. The molecule has 10 nitrogen and oxygen atoms in total. The van der Waals surface area contributed by atoms with Gasteiger partial charge in [0.05, 0.1) is 12.5 Å². The maximum absolute atomic E-state index is 11.3. The normalized spacial score (nSPS) is 24.6. The Morgan fingerprint density at radius 1 is 0.651 bits per heavy atom. The van der Waals surface area contributed by atoms with Crippen molar-refractivity contribution >= 4 is 49.6 Å². The number of methoxy groups -OCH3 is 2. The second-order valence-electron chi connectivity index (χ2n) is 11.3. The molecule has 2 atom stereocenters. The third kappa shape index (κ3) is 24.1. The molecule has 2 aliphatic carbocycles. The molecule has 4 heterocycles. The zero-order valence-electron chi connectivity index (χ0n) is 28.1. The van der Waals surface area contributed by atoms with E-state index in [1.165, 1.54) is 67.4 Å². The third-order valence-electron chi connectivity index (χ3n) is 7.19. The van der Waals surface area contributed by atoms with Gasteiger partial charge in [-0.2, -0.15) is 8.61 Å². The van der Waals surface area contributed by atoms with Crippen LogP contribution in [-0.2, 0) is 45.9 Å². The van der Waals surface area contributed by atoms with Crippen LogP contribution in [0.4, 0.5) is 0 Å². The van der Waals surface area contributed by atoms with Gasteiger partial charge in [-0.1, -0.05) is 35.7 Å². The van der Waals surface area contributed by atoms with E-state index in [1.807, 2.05) is 5.83 Å². The van der Waals surface area contributed by atoms with E-state index in [2.05, 4.69) is 62.2 Å². The van der Waals surface area contributed by atoms with Gasteiger partial charge in [0.25, 0.3) is 0 Å². The van der Waals surface area contributed by atoms with Crippen LogP contribution in [0.25, 0.3) is 0 Å². The number of nitrogens with zero attached hydrogens (tertiary/aromatic N) is 4. The van der Waals surface area contributed by atoms with E-state index in [0.29, 0.717) is 38.3 Å². The van der Waals surface area contributed by atoms with Gasteiger partial charge >= 0.3 is 30.0 Å². The van der Waals surface area contributed by atoms with Gasteiger partial charge in [0.2, 0.25) is 20.0 Å². The molecular formula is C28H60Br2N4O6S2Zn. The van der Waals surface area contributed by atoms with E-state index >= 15 is 0 Å². The molecular weight excluding hydrogens is 778 g/mol. The molecule has 15 heteroatoms. The molecule has 0 aromatic heterocycles. The summed E-state index contributed by atoms with van der Waals surface area (Å²) in [7, 11) is 0.584. The van der Waals surface area contributed by atoms with Crippen LogP contribution >= 0.6 is 29.6 Å². The van der Waals surface area contributed by atoms with Gasteiger partial charge in [-0.25, -0.2) is 29.7 Å². The van der Waals surface area contributed by atoms with E-state index in [9.17, 15) is 16.8 Å². The molecule has 6 rings (SSSR count). The number of piperazine rings is 2. The summed E-state index contributed by atoms with van der Waals surface area (Å²) >= 11 is 7.19. The molecule has 0 aromatic carbocycles.